The largest absolute Gasteiger partial charge is 0.480 e. The van der Waals surface area contributed by atoms with Crippen molar-refractivity contribution >= 4 is 32.7 Å². The molecule has 0 unspecified atom stereocenters. The van der Waals surface area contributed by atoms with Crippen LogP contribution in [0.25, 0.3) is 27.8 Å². The number of ether oxygens (including phenoxy) is 2. The Kier molecular flexibility index (Phi) is 6.76. The van der Waals surface area contributed by atoms with Gasteiger partial charge in [0.15, 0.2) is 0 Å². The van der Waals surface area contributed by atoms with Gasteiger partial charge < -0.3 is 20.1 Å². The van der Waals surface area contributed by atoms with Gasteiger partial charge in [0.2, 0.25) is 21.9 Å². The molecule has 11 heteroatoms. The number of pyridine rings is 1. The van der Waals surface area contributed by atoms with Crippen molar-refractivity contribution in [1.82, 2.24) is 19.3 Å². The van der Waals surface area contributed by atoms with Crippen LogP contribution in [0.1, 0.15) is 13.8 Å². The van der Waals surface area contributed by atoms with Crippen LogP contribution in [-0.4, -0.2) is 62.4 Å². The fourth-order valence-electron chi connectivity index (χ4n) is 4.49. The number of nitrogen functional groups attached to an aromatic ring is 1. The minimum atomic E-state index is -3.82. The molecular weight excluding hydrogens is 492 g/mol. The highest BCUT2D eigenvalue weighted by molar-refractivity contribution is 7.89. The maximum Gasteiger partial charge on any atom is 0.246 e. The van der Waals surface area contributed by atoms with E-state index in [0.29, 0.717) is 11.5 Å². The van der Waals surface area contributed by atoms with E-state index in [4.69, 9.17) is 15.2 Å². The average Bonchev–Trinajstić information content (AvgIpc) is 3.23. The predicted octanol–water partition coefficient (Wildman–Crippen LogP) is 3.20. The molecule has 2 aromatic carbocycles. The van der Waals surface area contributed by atoms with Gasteiger partial charge in [-0.1, -0.05) is 6.07 Å². The van der Waals surface area contributed by atoms with E-state index < -0.39 is 10.0 Å². The molecule has 5 rings (SSSR count). The maximum absolute atomic E-state index is 12.9. The van der Waals surface area contributed by atoms with E-state index in [1.165, 1.54) is 7.11 Å². The average molecular weight is 523 g/mol. The van der Waals surface area contributed by atoms with Crippen LogP contribution in [0.2, 0.25) is 0 Å². The lowest BCUT2D eigenvalue weighted by atomic mass is 10.1. The smallest absolute Gasteiger partial charge is 0.246 e. The molecule has 2 aromatic heterocycles. The number of sulfonamides is 1. The first-order valence-electron chi connectivity index (χ1n) is 12.0. The molecule has 0 saturated carbocycles. The number of benzene rings is 2. The van der Waals surface area contributed by atoms with E-state index in [1.807, 2.05) is 34.9 Å². The Hall–Kier alpha value is -3.67. The van der Waals surface area contributed by atoms with Crippen molar-refractivity contribution in [3.8, 4) is 22.7 Å². The monoisotopic (exact) mass is 522 g/mol. The van der Waals surface area contributed by atoms with Crippen LogP contribution in [0.15, 0.2) is 59.6 Å². The van der Waals surface area contributed by atoms with Crippen molar-refractivity contribution in [2.24, 2.45) is 0 Å². The summed E-state index contributed by atoms with van der Waals surface area (Å²) < 4.78 is 41.0. The topological polar surface area (TPSA) is 125 Å². The van der Waals surface area contributed by atoms with Crippen molar-refractivity contribution in [1.29, 1.82) is 0 Å². The van der Waals surface area contributed by atoms with E-state index >= 15 is 0 Å². The Morgan fingerprint density at radius 2 is 1.73 bits per heavy atom. The zero-order valence-electron chi connectivity index (χ0n) is 21.0. The third-order valence-electron chi connectivity index (χ3n) is 6.19. The van der Waals surface area contributed by atoms with Crippen LogP contribution < -0.4 is 20.1 Å². The van der Waals surface area contributed by atoms with Gasteiger partial charge in [-0.3, -0.25) is 4.57 Å². The highest BCUT2D eigenvalue weighted by atomic mass is 32.2. The van der Waals surface area contributed by atoms with Gasteiger partial charge >= 0.3 is 0 Å². The molecule has 1 aliphatic heterocycles. The summed E-state index contributed by atoms with van der Waals surface area (Å²) in [5.41, 5.74) is 11.3. The maximum atomic E-state index is 12.9. The van der Waals surface area contributed by atoms with Crippen LogP contribution in [0.3, 0.4) is 0 Å². The second kappa shape index (κ2) is 10.0. The van der Waals surface area contributed by atoms with Crippen LogP contribution in [0.4, 0.5) is 11.6 Å². The number of nitrogens with one attached hydrogen (secondary N) is 1. The van der Waals surface area contributed by atoms with Crippen LogP contribution in [-0.2, 0) is 14.8 Å². The van der Waals surface area contributed by atoms with Crippen LogP contribution in [0, 0.1) is 0 Å². The van der Waals surface area contributed by atoms with E-state index in [9.17, 15) is 8.42 Å². The number of fused-ring (bicyclic) bond motifs is 1. The molecule has 3 N–H and O–H groups in total. The number of morpholine rings is 1. The summed E-state index contributed by atoms with van der Waals surface area (Å²) in [5.74, 6) is 0.399. The molecule has 0 radical (unpaired) electrons. The molecule has 3 heterocycles. The normalized spacial score (nSPS) is 14.4. The summed E-state index contributed by atoms with van der Waals surface area (Å²) in [6.45, 7) is 6.68. The first-order chi connectivity index (χ1) is 17.8. The van der Waals surface area contributed by atoms with Gasteiger partial charge in [-0.05, 0) is 61.9 Å². The third-order valence-corrected chi connectivity index (χ3v) is 7.84. The number of hydrogen-bond acceptors (Lipinski definition) is 8. The molecule has 1 fully saturated rings. The molecule has 0 atom stereocenters. The molecule has 1 aliphatic rings. The molecule has 0 bridgehead atoms. The Morgan fingerprint density at radius 1 is 1.03 bits per heavy atom. The van der Waals surface area contributed by atoms with Crippen LogP contribution >= 0.6 is 0 Å². The minimum absolute atomic E-state index is 0.0204. The lowest BCUT2D eigenvalue weighted by molar-refractivity contribution is 0.122. The lowest BCUT2D eigenvalue weighted by Crippen LogP contribution is -2.36. The molecule has 0 spiro atoms. The van der Waals surface area contributed by atoms with Crippen LogP contribution in [0.5, 0.6) is 5.88 Å². The van der Waals surface area contributed by atoms with Gasteiger partial charge in [0, 0.05) is 42.3 Å². The first-order valence-corrected chi connectivity index (χ1v) is 13.5. The number of hydrogen-bond donors (Lipinski definition) is 2. The number of anilines is 2. The summed E-state index contributed by atoms with van der Waals surface area (Å²) in [6, 6.07) is 15.1. The number of rotatable bonds is 7. The Labute approximate surface area is 216 Å². The molecule has 37 heavy (non-hydrogen) atoms. The van der Waals surface area contributed by atoms with E-state index in [2.05, 4.69) is 31.7 Å². The first kappa shape index (κ1) is 25.0. The van der Waals surface area contributed by atoms with Crippen molar-refractivity contribution in [2.75, 3.05) is 44.0 Å². The Balaban J connectivity index is 1.55. The molecule has 194 valence electrons. The summed E-state index contributed by atoms with van der Waals surface area (Å²) in [6.07, 6.45) is 1.59. The lowest BCUT2D eigenvalue weighted by Gasteiger charge is -2.29. The zero-order chi connectivity index (χ0) is 26.2. The van der Waals surface area contributed by atoms with Crippen molar-refractivity contribution < 1.29 is 17.9 Å². The molecular formula is C26H30N6O4S. The van der Waals surface area contributed by atoms with Gasteiger partial charge in [-0.25, -0.2) is 23.1 Å². The van der Waals surface area contributed by atoms with Crippen molar-refractivity contribution in [3.63, 3.8) is 0 Å². The molecule has 0 amide bonds. The number of nitrogens with two attached hydrogens (primary N) is 1. The highest BCUT2D eigenvalue weighted by Gasteiger charge is 2.23. The fourth-order valence-corrected chi connectivity index (χ4v) is 5.88. The zero-order valence-corrected chi connectivity index (χ0v) is 21.8. The summed E-state index contributed by atoms with van der Waals surface area (Å²) in [5, 5.41) is 0. The van der Waals surface area contributed by atoms with Crippen molar-refractivity contribution in [2.45, 2.75) is 24.8 Å². The second-order valence-corrected chi connectivity index (χ2v) is 10.8. The summed E-state index contributed by atoms with van der Waals surface area (Å²) >= 11 is 0. The number of aromatic nitrogens is 3. The van der Waals surface area contributed by atoms with E-state index in [1.54, 1.807) is 26.1 Å². The fraction of sp³-hybridized carbons (Fsp3) is 0.308. The molecule has 10 nitrogen and oxygen atoms in total. The molecule has 4 aromatic rings. The SMILES string of the molecule is COc1ncc(-c2ccc3nc(N)n(-c4ccc(N5CCOCC5)cc4)c3c2)cc1S(=O)(=O)NC(C)C. The Bertz CT molecular complexity index is 1530. The highest BCUT2D eigenvalue weighted by Crippen LogP contribution is 2.32. The van der Waals surface area contributed by atoms with Gasteiger partial charge in [0.05, 0.1) is 31.4 Å². The Morgan fingerprint density at radius 3 is 2.41 bits per heavy atom. The molecule has 0 aliphatic carbocycles. The van der Waals surface area contributed by atoms with Gasteiger partial charge in [-0.15, -0.1) is 0 Å². The summed E-state index contributed by atoms with van der Waals surface area (Å²) in [7, 11) is -2.43. The second-order valence-electron chi connectivity index (χ2n) is 9.13. The van der Waals surface area contributed by atoms with Gasteiger partial charge in [0.25, 0.3) is 0 Å². The quantitative estimate of drug-likeness (QED) is 0.379. The third kappa shape index (κ3) is 4.97. The number of nitrogens with zero attached hydrogens (tertiary/aromatic N) is 4. The number of methoxy groups -OCH3 is 1. The van der Waals surface area contributed by atoms with E-state index in [0.717, 1.165) is 54.3 Å². The predicted molar refractivity (Wildman–Crippen MR) is 144 cm³/mol. The number of imidazole rings is 1. The van der Waals surface area contributed by atoms with E-state index in [-0.39, 0.29) is 16.8 Å². The van der Waals surface area contributed by atoms with Gasteiger partial charge in [0.1, 0.15) is 4.90 Å². The van der Waals surface area contributed by atoms with Gasteiger partial charge in [-0.2, -0.15) is 0 Å². The van der Waals surface area contributed by atoms with Crippen molar-refractivity contribution in [3.05, 3.63) is 54.7 Å². The summed E-state index contributed by atoms with van der Waals surface area (Å²) in [4.78, 5) is 11.1. The standard InChI is InChI=1S/C26H30N6O4S/c1-17(2)30-37(33,34)24-15-19(16-28-25(24)35-3)18-4-9-22-23(14-18)32(26(27)29-22)21-7-5-20(6-8-21)31-10-12-36-13-11-31/h4-9,14-17,30H,10-13H2,1-3H3,(H2,27,29). The molecule has 1 saturated heterocycles. The minimum Gasteiger partial charge on any atom is -0.480 e.